The Hall–Kier alpha value is -2.86. The Kier molecular flexibility index (Phi) is 7.18. The largest absolute Gasteiger partial charge is 0.463 e. The molecule has 28 heavy (non-hydrogen) atoms. The van der Waals surface area contributed by atoms with Gasteiger partial charge in [0.1, 0.15) is 11.5 Å². The molecule has 0 saturated heterocycles. The molecular weight excluding hydrogens is 385 g/mol. The Bertz CT molecular complexity index is 852. The zero-order chi connectivity index (χ0) is 20.7. The molecule has 150 valence electrons. The van der Waals surface area contributed by atoms with E-state index in [1.807, 2.05) is 0 Å². The van der Waals surface area contributed by atoms with Crippen LogP contribution in [-0.4, -0.2) is 23.2 Å². The van der Waals surface area contributed by atoms with Gasteiger partial charge in [0.25, 0.3) is 5.69 Å². The van der Waals surface area contributed by atoms with Crippen LogP contribution in [0.4, 0.5) is 5.69 Å². The Morgan fingerprint density at radius 1 is 1.00 bits per heavy atom. The van der Waals surface area contributed by atoms with Crippen LogP contribution in [0, 0.1) is 16.0 Å². The molecule has 2 aromatic rings. The van der Waals surface area contributed by atoms with E-state index in [1.165, 1.54) is 24.3 Å². The monoisotopic (exact) mass is 407 g/mol. The zero-order valence-electron chi connectivity index (χ0n) is 15.8. The number of ether oxygens (including phenoxy) is 1. The highest BCUT2D eigenvalue weighted by atomic mass is 31.2. The maximum absolute atomic E-state index is 13.4. The summed E-state index contributed by atoms with van der Waals surface area (Å²) in [4.78, 5) is 22.4. The molecule has 2 rings (SSSR count). The van der Waals surface area contributed by atoms with Gasteiger partial charge in [0.05, 0.1) is 23.1 Å². The quantitative estimate of drug-likeness (QED) is 0.254. The number of benzene rings is 2. The predicted molar refractivity (Wildman–Crippen MR) is 104 cm³/mol. The molecule has 0 saturated carbocycles. The van der Waals surface area contributed by atoms with Gasteiger partial charge in [-0.1, -0.05) is 25.1 Å². The van der Waals surface area contributed by atoms with Crippen LogP contribution in [0.15, 0.2) is 54.6 Å². The topological polar surface area (TPSA) is 105 Å². The van der Waals surface area contributed by atoms with Crippen molar-refractivity contribution in [3.63, 3.8) is 0 Å². The van der Waals surface area contributed by atoms with Crippen molar-refractivity contribution in [1.82, 2.24) is 0 Å². The number of non-ortho nitro benzene ring substituents is 1. The van der Waals surface area contributed by atoms with E-state index >= 15 is 0 Å². The molecule has 0 radical (unpaired) electrons. The highest BCUT2D eigenvalue weighted by Crippen LogP contribution is 2.50. The van der Waals surface area contributed by atoms with Crippen molar-refractivity contribution in [2.24, 2.45) is 5.92 Å². The Labute approximate surface area is 163 Å². The third-order valence-corrected chi connectivity index (χ3v) is 5.50. The first-order chi connectivity index (χ1) is 13.2. The van der Waals surface area contributed by atoms with Crippen LogP contribution in [0.5, 0.6) is 11.5 Å². The molecule has 0 aliphatic heterocycles. The number of nitrogens with zero attached hydrogens (tertiary/aromatic N) is 1. The van der Waals surface area contributed by atoms with Crippen LogP contribution >= 0.6 is 7.60 Å². The minimum absolute atomic E-state index is 0.125. The van der Waals surface area contributed by atoms with Crippen LogP contribution in [0.3, 0.4) is 0 Å². The number of esters is 1. The van der Waals surface area contributed by atoms with Gasteiger partial charge in [-0.05, 0) is 38.1 Å². The summed E-state index contributed by atoms with van der Waals surface area (Å²) in [5, 5.41) is 10.8. The van der Waals surface area contributed by atoms with Crippen molar-refractivity contribution >= 4 is 19.3 Å². The third kappa shape index (κ3) is 6.39. The second-order valence-electron chi connectivity index (χ2n) is 6.43. The van der Waals surface area contributed by atoms with E-state index in [4.69, 9.17) is 13.8 Å². The summed E-state index contributed by atoms with van der Waals surface area (Å²) >= 11 is 0. The molecule has 0 spiro atoms. The molecule has 8 nitrogen and oxygen atoms in total. The first-order valence-electron chi connectivity index (χ1n) is 8.67. The lowest BCUT2D eigenvalue weighted by atomic mass is 10.2. The zero-order valence-corrected chi connectivity index (χ0v) is 16.7. The van der Waals surface area contributed by atoms with Crippen LogP contribution < -0.4 is 9.05 Å². The number of nitro benzene ring substituents is 1. The molecule has 0 heterocycles. The highest BCUT2D eigenvalue weighted by Gasteiger charge is 2.34. The number of carbonyl (C=O) groups is 1. The smallest absolute Gasteiger partial charge is 0.431 e. The summed E-state index contributed by atoms with van der Waals surface area (Å²) in [7, 11) is -3.83. The van der Waals surface area contributed by atoms with Gasteiger partial charge in [0, 0.05) is 12.1 Å². The van der Waals surface area contributed by atoms with Crippen LogP contribution in [0.1, 0.15) is 20.8 Å². The summed E-state index contributed by atoms with van der Waals surface area (Å²) in [6, 6.07) is 13.6. The maximum atomic E-state index is 13.4. The van der Waals surface area contributed by atoms with Gasteiger partial charge in [-0.2, -0.15) is 0 Å². The summed E-state index contributed by atoms with van der Waals surface area (Å²) in [5.41, 5.74) is -0.125. The van der Waals surface area contributed by atoms with Crippen molar-refractivity contribution < 1.29 is 28.1 Å². The van der Waals surface area contributed by atoms with Gasteiger partial charge in [-0.3, -0.25) is 14.9 Å². The van der Waals surface area contributed by atoms with Crippen molar-refractivity contribution in [3.05, 3.63) is 64.7 Å². The van der Waals surface area contributed by atoms with E-state index in [0.29, 0.717) is 5.75 Å². The molecule has 0 amide bonds. The first kappa shape index (κ1) is 21.4. The van der Waals surface area contributed by atoms with E-state index in [9.17, 15) is 19.5 Å². The van der Waals surface area contributed by atoms with E-state index in [1.54, 1.807) is 51.1 Å². The van der Waals surface area contributed by atoms with Gasteiger partial charge in [0.2, 0.25) is 0 Å². The molecule has 2 atom stereocenters. The SMILES string of the molecule is CC(C)OC(=O)[C@H](C)C[P@@](=O)(Oc1ccccc1)Oc1ccc([N+](=O)[O-])cc1. The molecule has 0 fully saturated rings. The summed E-state index contributed by atoms with van der Waals surface area (Å²) in [6.45, 7) is 5.01. The second-order valence-corrected chi connectivity index (χ2v) is 8.38. The number of rotatable bonds is 9. The standard InChI is InChI=1S/C19H22NO7P/c1-14(2)25-19(21)15(3)13-28(24,26-17-7-5-4-6-8-17)27-18-11-9-16(10-12-18)20(22)23/h4-12,14-15H,13H2,1-3H3/t15-,28-/m1/s1. The van der Waals surface area contributed by atoms with Crippen molar-refractivity contribution in [2.75, 3.05) is 6.16 Å². The first-order valence-corrected chi connectivity index (χ1v) is 10.4. The van der Waals surface area contributed by atoms with Crippen LogP contribution in [-0.2, 0) is 14.1 Å². The average molecular weight is 407 g/mol. The fourth-order valence-electron chi connectivity index (χ4n) is 2.28. The average Bonchev–Trinajstić information content (AvgIpc) is 2.62. The lowest BCUT2D eigenvalue weighted by Gasteiger charge is -2.22. The third-order valence-electron chi connectivity index (χ3n) is 3.53. The molecular formula is C19H22NO7P. The minimum atomic E-state index is -3.83. The Balaban J connectivity index is 2.23. The number of para-hydroxylation sites is 1. The molecule has 0 bridgehead atoms. The lowest BCUT2D eigenvalue weighted by Crippen LogP contribution is -2.23. The molecule has 0 aliphatic rings. The number of nitro groups is 1. The van der Waals surface area contributed by atoms with E-state index in [-0.39, 0.29) is 23.7 Å². The maximum Gasteiger partial charge on any atom is 0.431 e. The van der Waals surface area contributed by atoms with Crippen LogP contribution in [0.2, 0.25) is 0 Å². The summed E-state index contributed by atoms with van der Waals surface area (Å²) < 4.78 is 29.7. The summed E-state index contributed by atoms with van der Waals surface area (Å²) in [5.74, 6) is -0.805. The molecule has 0 unspecified atom stereocenters. The number of hydrogen-bond acceptors (Lipinski definition) is 7. The van der Waals surface area contributed by atoms with Gasteiger partial charge in [-0.25, -0.2) is 4.57 Å². The molecule has 0 aliphatic carbocycles. The molecule has 0 aromatic heterocycles. The molecule has 9 heteroatoms. The van der Waals surface area contributed by atoms with E-state index < -0.39 is 24.4 Å². The number of carbonyl (C=O) groups excluding carboxylic acids is 1. The minimum Gasteiger partial charge on any atom is -0.463 e. The van der Waals surface area contributed by atoms with Crippen molar-refractivity contribution in [1.29, 1.82) is 0 Å². The normalized spacial score (nSPS) is 14.0. The van der Waals surface area contributed by atoms with Crippen molar-refractivity contribution in [2.45, 2.75) is 26.9 Å². The van der Waals surface area contributed by atoms with Gasteiger partial charge in [-0.15, -0.1) is 0 Å². The van der Waals surface area contributed by atoms with Crippen molar-refractivity contribution in [3.8, 4) is 11.5 Å². The highest BCUT2D eigenvalue weighted by molar-refractivity contribution is 7.54. The molecule has 2 aromatic carbocycles. The van der Waals surface area contributed by atoms with Crippen LogP contribution in [0.25, 0.3) is 0 Å². The lowest BCUT2D eigenvalue weighted by molar-refractivity contribution is -0.384. The summed E-state index contributed by atoms with van der Waals surface area (Å²) in [6.07, 6.45) is -0.523. The fraction of sp³-hybridized carbons (Fsp3) is 0.316. The van der Waals surface area contributed by atoms with E-state index in [0.717, 1.165) is 0 Å². The van der Waals surface area contributed by atoms with Gasteiger partial charge in [0.15, 0.2) is 0 Å². The predicted octanol–water partition coefficient (Wildman–Crippen LogP) is 4.83. The van der Waals surface area contributed by atoms with Gasteiger partial charge >= 0.3 is 13.6 Å². The van der Waals surface area contributed by atoms with Gasteiger partial charge < -0.3 is 13.8 Å². The molecule has 0 N–H and O–H groups in total. The second kappa shape index (κ2) is 9.37. The Morgan fingerprint density at radius 2 is 1.54 bits per heavy atom. The fourth-order valence-corrected chi connectivity index (χ4v) is 4.17. The Morgan fingerprint density at radius 3 is 2.04 bits per heavy atom. The number of hydrogen-bond donors (Lipinski definition) is 0. The van der Waals surface area contributed by atoms with E-state index in [2.05, 4.69) is 0 Å².